The first-order valence-electron chi connectivity index (χ1n) is 6.55. The van der Waals surface area contributed by atoms with Crippen molar-refractivity contribution in [1.29, 1.82) is 0 Å². The second-order valence-electron chi connectivity index (χ2n) is 4.81. The number of hydrogen-bond donors (Lipinski definition) is 1. The third kappa shape index (κ3) is 3.56. The zero-order chi connectivity index (χ0) is 16.3. The molecule has 2 rings (SSSR count). The largest absolute Gasteiger partial charge is 0.272 e. The minimum Gasteiger partial charge on any atom is -0.267 e. The van der Waals surface area contributed by atoms with Gasteiger partial charge in [-0.1, -0.05) is 0 Å². The van der Waals surface area contributed by atoms with E-state index in [0.717, 1.165) is 4.88 Å². The fourth-order valence-electron chi connectivity index (χ4n) is 1.88. The molecule has 1 aromatic heterocycles. The summed E-state index contributed by atoms with van der Waals surface area (Å²) in [7, 11) is 0. The number of aryl methyl sites for hydroxylation is 2. The molecule has 0 atom stereocenters. The molecule has 6 nitrogen and oxygen atoms in total. The van der Waals surface area contributed by atoms with Crippen molar-refractivity contribution in [2.24, 2.45) is 5.10 Å². The molecular weight excluding hydrogens is 302 g/mol. The summed E-state index contributed by atoms with van der Waals surface area (Å²) < 4.78 is 0. The Hall–Kier alpha value is -2.54. The maximum absolute atomic E-state index is 12.0. The summed E-state index contributed by atoms with van der Waals surface area (Å²) in [6.45, 7) is 5.41. The molecule has 0 spiro atoms. The molecule has 0 radical (unpaired) electrons. The summed E-state index contributed by atoms with van der Waals surface area (Å²) >= 11 is 1.59. The normalized spacial score (nSPS) is 11.3. The molecule has 0 aliphatic carbocycles. The van der Waals surface area contributed by atoms with Crippen LogP contribution in [0, 0.1) is 24.0 Å². The number of hydrogen-bond acceptors (Lipinski definition) is 5. The summed E-state index contributed by atoms with van der Waals surface area (Å²) in [5.41, 5.74) is 3.94. The van der Waals surface area contributed by atoms with Crippen LogP contribution in [0.2, 0.25) is 0 Å². The van der Waals surface area contributed by atoms with Crippen molar-refractivity contribution >= 4 is 28.6 Å². The molecule has 0 saturated carbocycles. The van der Waals surface area contributed by atoms with E-state index in [1.165, 1.54) is 23.1 Å². The van der Waals surface area contributed by atoms with Gasteiger partial charge in [-0.3, -0.25) is 14.9 Å². The molecule has 0 aliphatic rings. The lowest BCUT2D eigenvalue weighted by Crippen LogP contribution is -2.19. The number of benzene rings is 1. The Morgan fingerprint density at radius 2 is 2.00 bits per heavy atom. The van der Waals surface area contributed by atoms with E-state index in [0.29, 0.717) is 16.8 Å². The van der Waals surface area contributed by atoms with Crippen LogP contribution in [0.1, 0.15) is 32.6 Å². The smallest absolute Gasteiger partial charge is 0.267 e. The lowest BCUT2D eigenvalue weighted by molar-refractivity contribution is -0.385. The van der Waals surface area contributed by atoms with Crippen LogP contribution in [-0.2, 0) is 0 Å². The zero-order valence-electron chi connectivity index (χ0n) is 12.4. The van der Waals surface area contributed by atoms with Gasteiger partial charge in [-0.15, -0.1) is 11.3 Å². The number of carbonyl (C=O) groups is 1. The monoisotopic (exact) mass is 317 g/mol. The van der Waals surface area contributed by atoms with Crippen molar-refractivity contribution in [3.63, 3.8) is 0 Å². The zero-order valence-corrected chi connectivity index (χ0v) is 13.2. The molecule has 1 aromatic carbocycles. The Morgan fingerprint density at radius 1 is 1.27 bits per heavy atom. The molecular formula is C15H15N3O3S. The number of nitrogens with one attached hydrogen (secondary N) is 1. The van der Waals surface area contributed by atoms with E-state index in [4.69, 9.17) is 0 Å². The first-order valence-corrected chi connectivity index (χ1v) is 7.36. The lowest BCUT2D eigenvalue weighted by Gasteiger charge is -2.03. The highest BCUT2D eigenvalue weighted by Crippen LogP contribution is 2.19. The first kappa shape index (κ1) is 15.8. The number of nitrogens with zero attached hydrogens (tertiary/aromatic N) is 2. The molecule has 0 aliphatic heterocycles. The van der Waals surface area contributed by atoms with Gasteiger partial charge in [-0.05, 0) is 45.0 Å². The summed E-state index contributed by atoms with van der Waals surface area (Å²) in [6, 6.07) is 8.15. The van der Waals surface area contributed by atoms with Gasteiger partial charge in [0.25, 0.3) is 11.6 Å². The summed E-state index contributed by atoms with van der Waals surface area (Å²) in [4.78, 5) is 24.5. The molecule has 0 saturated heterocycles. The Balaban J connectivity index is 2.12. The highest BCUT2D eigenvalue weighted by molar-refractivity contribution is 7.14. The second-order valence-corrected chi connectivity index (χ2v) is 6.09. The van der Waals surface area contributed by atoms with Crippen LogP contribution in [0.5, 0.6) is 0 Å². The van der Waals surface area contributed by atoms with Crippen molar-refractivity contribution < 1.29 is 9.72 Å². The van der Waals surface area contributed by atoms with E-state index in [-0.39, 0.29) is 5.69 Å². The van der Waals surface area contributed by atoms with Gasteiger partial charge in [0.15, 0.2) is 0 Å². The van der Waals surface area contributed by atoms with E-state index < -0.39 is 10.8 Å². The van der Waals surface area contributed by atoms with E-state index in [2.05, 4.69) is 10.5 Å². The van der Waals surface area contributed by atoms with Gasteiger partial charge in [0.2, 0.25) is 0 Å². The Bertz CT molecular complexity index is 765. The number of hydrazone groups is 1. The topological polar surface area (TPSA) is 84.6 Å². The highest BCUT2D eigenvalue weighted by atomic mass is 32.1. The second kappa shape index (κ2) is 6.48. The van der Waals surface area contributed by atoms with Crippen LogP contribution in [0.4, 0.5) is 5.69 Å². The van der Waals surface area contributed by atoms with E-state index in [9.17, 15) is 14.9 Å². The van der Waals surface area contributed by atoms with Crippen molar-refractivity contribution in [2.45, 2.75) is 20.8 Å². The third-order valence-electron chi connectivity index (χ3n) is 3.08. The molecule has 114 valence electrons. The van der Waals surface area contributed by atoms with Gasteiger partial charge < -0.3 is 0 Å². The molecule has 1 heterocycles. The Labute approximate surface area is 131 Å². The van der Waals surface area contributed by atoms with Gasteiger partial charge in [-0.25, -0.2) is 5.43 Å². The number of nitro benzene ring substituents is 1. The van der Waals surface area contributed by atoms with Crippen LogP contribution in [0.15, 0.2) is 35.4 Å². The average Bonchev–Trinajstić information content (AvgIpc) is 2.90. The van der Waals surface area contributed by atoms with E-state index in [1.807, 2.05) is 26.0 Å². The van der Waals surface area contributed by atoms with Crippen LogP contribution in [-0.4, -0.2) is 16.5 Å². The molecule has 0 unspecified atom stereocenters. The van der Waals surface area contributed by atoms with Crippen molar-refractivity contribution in [3.05, 3.63) is 61.3 Å². The fraction of sp³-hybridized carbons (Fsp3) is 0.200. The van der Waals surface area contributed by atoms with Gasteiger partial charge >= 0.3 is 0 Å². The minimum atomic E-state index is -0.474. The highest BCUT2D eigenvalue weighted by Gasteiger charge is 2.13. The molecule has 2 aromatic rings. The maximum Gasteiger partial charge on any atom is 0.272 e. The number of amides is 1. The standard InChI is InChI=1S/C15H15N3O3S/c1-9-8-12(5-6-13(9)18(20)21)15(19)17-16-11(3)14-7-4-10(2)22-14/h4-8H,1-3H3,(H,17,19). The Morgan fingerprint density at radius 3 is 2.55 bits per heavy atom. The number of nitro groups is 1. The number of carbonyl (C=O) groups excluding carboxylic acids is 1. The van der Waals surface area contributed by atoms with Gasteiger partial charge in [0.1, 0.15) is 0 Å². The van der Waals surface area contributed by atoms with Crippen molar-refractivity contribution in [1.82, 2.24) is 5.43 Å². The predicted molar refractivity (Wildman–Crippen MR) is 86.6 cm³/mol. The van der Waals surface area contributed by atoms with Gasteiger partial charge in [0.05, 0.1) is 15.5 Å². The SMILES string of the molecule is CC(=NNC(=O)c1ccc([N+](=O)[O-])c(C)c1)c1ccc(C)s1. The summed E-state index contributed by atoms with van der Waals surface area (Å²) in [5, 5.41) is 14.8. The van der Waals surface area contributed by atoms with Crippen LogP contribution in [0.3, 0.4) is 0 Å². The lowest BCUT2D eigenvalue weighted by atomic mass is 10.1. The molecule has 1 N–H and O–H groups in total. The van der Waals surface area contributed by atoms with Crippen LogP contribution < -0.4 is 5.43 Å². The molecule has 1 amide bonds. The van der Waals surface area contributed by atoms with Crippen molar-refractivity contribution in [3.8, 4) is 0 Å². The van der Waals surface area contributed by atoms with E-state index in [1.54, 1.807) is 18.3 Å². The predicted octanol–water partition coefficient (Wildman–Crippen LogP) is 3.43. The quantitative estimate of drug-likeness (QED) is 0.532. The van der Waals surface area contributed by atoms with Gasteiger partial charge in [0, 0.05) is 22.1 Å². The Kier molecular flexibility index (Phi) is 4.67. The van der Waals surface area contributed by atoms with Crippen LogP contribution >= 0.6 is 11.3 Å². The molecule has 0 fully saturated rings. The van der Waals surface area contributed by atoms with Crippen LogP contribution in [0.25, 0.3) is 0 Å². The maximum atomic E-state index is 12.0. The summed E-state index contributed by atoms with van der Waals surface area (Å²) in [5.74, 6) is -0.398. The third-order valence-corrected chi connectivity index (χ3v) is 4.19. The average molecular weight is 317 g/mol. The number of rotatable bonds is 4. The summed E-state index contributed by atoms with van der Waals surface area (Å²) in [6.07, 6.45) is 0. The molecule has 0 bridgehead atoms. The van der Waals surface area contributed by atoms with Crippen molar-refractivity contribution in [2.75, 3.05) is 0 Å². The fourth-order valence-corrected chi connectivity index (χ4v) is 2.70. The molecule has 7 heteroatoms. The molecule has 22 heavy (non-hydrogen) atoms. The van der Waals surface area contributed by atoms with E-state index >= 15 is 0 Å². The van der Waals surface area contributed by atoms with Gasteiger partial charge in [-0.2, -0.15) is 5.10 Å². The first-order chi connectivity index (χ1) is 10.4. The minimum absolute atomic E-state index is 0.00899. The number of thiophene rings is 1.